The Balaban J connectivity index is 1.84. The van der Waals surface area contributed by atoms with E-state index >= 15 is 0 Å². The van der Waals surface area contributed by atoms with E-state index in [-0.39, 0.29) is 11.5 Å². The third-order valence-electron chi connectivity index (χ3n) is 6.38. The minimum atomic E-state index is -0.900. The molecular formula is C30H31ClF2N4O. The second-order valence-corrected chi connectivity index (χ2v) is 10.00. The predicted molar refractivity (Wildman–Crippen MR) is 147 cm³/mol. The molecule has 8 heteroatoms. The molecule has 1 amide bonds. The van der Waals surface area contributed by atoms with Crippen molar-refractivity contribution in [3.05, 3.63) is 113 Å². The fourth-order valence-electron chi connectivity index (χ4n) is 4.60. The van der Waals surface area contributed by atoms with Crippen molar-refractivity contribution in [1.82, 2.24) is 14.5 Å². The van der Waals surface area contributed by atoms with E-state index in [1.807, 2.05) is 73.1 Å². The van der Waals surface area contributed by atoms with Crippen LogP contribution in [-0.2, 0) is 6.54 Å². The number of carbonyl (C=O) groups is 1. The van der Waals surface area contributed by atoms with E-state index in [9.17, 15) is 13.6 Å². The summed E-state index contributed by atoms with van der Waals surface area (Å²) in [5.41, 5.74) is 8.24. The number of hydrogen-bond acceptors (Lipinski definition) is 3. The van der Waals surface area contributed by atoms with E-state index in [1.165, 1.54) is 6.07 Å². The van der Waals surface area contributed by atoms with Crippen molar-refractivity contribution >= 4 is 17.5 Å². The van der Waals surface area contributed by atoms with Gasteiger partial charge in [-0.25, -0.2) is 13.8 Å². The molecule has 4 aromatic rings. The predicted octanol–water partition coefficient (Wildman–Crippen LogP) is 6.72. The van der Waals surface area contributed by atoms with Crippen LogP contribution in [0.4, 0.5) is 8.78 Å². The zero-order chi connectivity index (χ0) is 27.2. The first-order chi connectivity index (χ1) is 18.3. The van der Waals surface area contributed by atoms with E-state index in [0.717, 1.165) is 23.3 Å². The normalized spacial score (nSPS) is 12.1. The molecule has 198 valence electrons. The number of halogens is 3. The number of nitrogens with two attached hydrogens (primary N) is 1. The van der Waals surface area contributed by atoms with Crippen LogP contribution < -0.4 is 5.73 Å². The number of benzene rings is 3. The summed E-state index contributed by atoms with van der Waals surface area (Å²) in [5, 5.41) is 0.591. The van der Waals surface area contributed by atoms with Crippen LogP contribution in [0.2, 0.25) is 5.02 Å². The maximum atomic E-state index is 14.7. The van der Waals surface area contributed by atoms with Crippen LogP contribution >= 0.6 is 11.6 Å². The monoisotopic (exact) mass is 536 g/mol. The molecule has 0 saturated carbocycles. The summed E-state index contributed by atoms with van der Waals surface area (Å²) in [5.74, 6) is -1.59. The minimum absolute atomic E-state index is 0.0793. The Morgan fingerprint density at radius 1 is 1.05 bits per heavy atom. The Bertz CT molecular complexity index is 1390. The van der Waals surface area contributed by atoms with E-state index < -0.39 is 23.6 Å². The zero-order valence-electron chi connectivity index (χ0n) is 21.4. The Hall–Kier alpha value is -3.55. The molecule has 0 saturated heterocycles. The molecule has 1 atom stereocenters. The van der Waals surface area contributed by atoms with Crippen molar-refractivity contribution in [2.24, 2.45) is 11.7 Å². The average Bonchev–Trinajstić information content (AvgIpc) is 3.29. The van der Waals surface area contributed by atoms with Crippen LogP contribution in [0.1, 0.15) is 48.1 Å². The standard InChI is InChI=1S/C30H31ClF2N4O/c1-20(2)28(37(15-7-14-34)30(38)25-13-12-24(32)17-26(25)33)29-35-27(22-10-6-11-23(31)16-22)19-36(29)18-21-8-4-3-5-9-21/h3-6,8-13,16-17,19-20,28H,7,14-15,18,34H2,1-2H3. The Kier molecular flexibility index (Phi) is 8.92. The van der Waals surface area contributed by atoms with Gasteiger partial charge in [-0.3, -0.25) is 4.79 Å². The zero-order valence-corrected chi connectivity index (χ0v) is 22.2. The van der Waals surface area contributed by atoms with Gasteiger partial charge in [-0.15, -0.1) is 0 Å². The second-order valence-electron chi connectivity index (χ2n) is 9.56. The van der Waals surface area contributed by atoms with Gasteiger partial charge in [0.2, 0.25) is 0 Å². The van der Waals surface area contributed by atoms with E-state index in [1.54, 1.807) is 11.0 Å². The van der Waals surface area contributed by atoms with E-state index in [0.29, 0.717) is 42.6 Å². The van der Waals surface area contributed by atoms with Gasteiger partial charge in [0.1, 0.15) is 17.5 Å². The molecule has 2 N–H and O–H groups in total. The van der Waals surface area contributed by atoms with Crippen molar-refractivity contribution in [3.63, 3.8) is 0 Å². The molecule has 0 aliphatic carbocycles. The fraction of sp³-hybridized carbons (Fsp3) is 0.267. The molecule has 0 spiro atoms. The number of amides is 1. The van der Waals surface area contributed by atoms with Crippen molar-refractivity contribution in [3.8, 4) is 11.3 Å². The summed E-state index contributed by atoms with van der Waals surface area (Å²) in [6.45, 7) is 5.16. The molecule has 0 bridgehead atoms. The lowest BCUT2D eigenvalue weighted by atomic mass is 9.99. The number of imidazole rings is 1. The van der Waals surface area contributed by atoms with Gasteiger partial charge < -0.3 is 15.2 Å². The van der Waals surface area contributed by atoms with Crippen LogP contribution in [0.5, 0.6) is 0 Å². The Labute approximate surface area is 226 Å². The number of hydrogen-bond donors (Lipinski definition) is 1. The van der Waals surface area contributed by atoms with Crippen molar-refractivity contribution in [2.75, 3.05) is 13.1 Å². The molecule has 38 heavy (non-hydrogen) atoms. The molecule has 5 nitrogen and oxygen atoms in total. The van der Waals surface area contributed by atoms with Gasteiger partial charge >= 0.3 is 0 Å². The number of aromatic nitrogens is 2. The molecule has 0 fully saturated rings. The van der Waals surface area contributed by atoms with Crippen LogP contribution in [-0.4, -0.2) is 33.4 Å². The first-order valence-corrected chi connectivity index (χ1v) is 13.0. The average molecular weight is 537 g/mol. The highest BCUT2D eigenvalue weighted by molar-refractivity contribution is 6.30. The number of nitrogens with zero attached hydrogens (tertiary/aromatic N) is 3. The number of rotatable bonds is 10. The summed E-state index contributed by atoms with van der Waals surface area (Å²) in [6.07, 6.45) is 2.46. The summed E-state index contributed by atoms with van der Waals surface area (Å²) < 4.78 is 30.4. The van der Waals surface area contributed by atoms with Gasteiger partial charge in [0.15, 0.2) is 0 Å². The maximum Gasteiger partial charge on any atom is 0.257 e. The molecule has 3 aromatic carbocycles. The third kappa shape index (κ3) is 6.29. The lowest BCUT2D eigenvalue weighted by molar-refractivity contribution is 0.0599. The van der Waals surface area contributed by atoms with E-state index in [2.05, 4.69) is 0 Å². The van der Waals surface area contributed by atoms with Gasteiger partial charge in [-0.1, -0.05) is 67.9 Å². The molecule has 0 aliphatic heterocycles. The van der Waals surface area contributed by atoms with Gasteiger partial charge in [0.25, 0.3) is 5.91 Å². The Morgan fingerprint density at radius 3 is 2.47 bits per heavy atom. The highest BCUT2D eigenvalue weighted by Gasteiger charge is 2.33. The lowest BCUT2D eigenvalue weighted by Crippen LogP contribution is -2.40. The SMILES string of the molecule is CC(C)C(c1nc(-c2cccc(Cl)c2)cn1Cc1ccccc1)N(CCCN)C(=O)c1ccc(F)cc1F. The lowest BCUT2D eigenvalue weighted by Gasteiger charge is -2.34. The van der Waals surface area contributed by atoms with Crippen LogP contribution in [0.25, 0.3) is 11.3 Å². The molecule has 1 unspecified atom stereocenters. The van der Waals surface area contributed by atoms with Crippen LogP contribution in [0, 0.1) is 17.6 Å². The molecule has 1 aromatic heterocycles. The first kappa shape index (κ1) is 27.5. The van der Waals surface area contributed by atoms with E-state index in [4.69, 9.17) is 22.3 Å². The largest absolute Gasteiger partial charge is 0.330 e. The molecule has 1 heterocycles. The first-order valence-electron chi connectivity index (χ1n) is 12.6. The topological polar surface area (TPSA) is 64.2 Å². The molecule has 0 aliphatic rings. The maximum absolute atomic E-state index is 14.7. The summed E-state index contributed by atoms with van der Waals surface area (Å²) in [6, 6.07) is 19.9. The molecular weight excluding hydrogens is 506 g/mol. The van der Waals surface area contributed by atoms with Crippen molar-refractivity contribution < 1.29 is 13.6 Å². The summed E-state index contributed by atoms with van der Waals surface area (Å²) >= 11 is 6.27. The molecule has 0 radical (unpaired) electrons. The van der Waals surface area contributed by atoms with Crippen LogP contribution in [0.3, 0.4) is 0 Å². The third-order valence-corrected chi connectivity index (χ3v) is 6.62. The van der Waals surface area contributed by atoms with Crippen LogP contribution in [0.15, 0.2) is 79.0 Å². The fourth-order valence-corrected chi connectivity index (χ4v) is 4.79. The quantitative estimate of drug-likeness (QED) is 0.245. The smallest absolute Gasteiger partial charge is 0.257 e. The van der Waals surface area contributed by atoms with Gasteiger partial charge in [-0.05, 0) is 48.7 Å². The van der Waals surface area contributed by atoms with Crippen molar-refractivity contribution in [1.29, 1.82) is 0 Å². The van der Waals surface area contributed by atoms with Crippen molar-refractivity contribution in [2.45, 2.75) is 32.9 Å². The Morgan fingerprint density at radius 2 is 1.82 bits per heavy atom. The summed E-state index contributed by atoms with van der Waals surface area (Å²) in [4.78, 5) is 20.4. The van der Waals surface area contributed by atoms with Gasteiger partial charge in [0, 0.05) is 35.9 Å². The second kappa shape index (κ2) is 12.3. The van der Waals surface area contributed by atoms with Gasteiger partial charge in [-0.2, -0.15) is 0 Å². The highest BCUT2D eigenvalue weighted by Crippen LogP contribution is 2.33. The summed E-state index contributed by atoms with van der Waals surface area (Å²) in [7, 11) is 0. The number of carbonyl (C=O) groups excluding carboxylic acids is 1. The highest BCUT2D eigenvalue weighted by atomic mass is 35.5. The minimum Gasteiger partial charge on any atom is -0.330 e. The molecule has 4 rings (SSSR count). The van der Waals surface area contributed by atoms with Gasteiger partial charge in [0.05, 0.1) is 17.3 Å².